The minimum atomic E-state index is -1.29. The van der Waals surface area contributed by atoms with Gasteiger partial charge in [0.1, 0.15) is 12.4 Å². The van der Waals surface area contributed by atoms with Gasteiger partial charge in [-0.15, -0.1) is 0 Å². The van der Waals surface area contributed by atoms with E-state index in [4.69, 9.17) is 25.8 Å². The summed E-state index contributed by atoms with van der Waals surface area (Å²) in [6.45, 7) is 0.487. The lowest BCUT2D eigenvalue weighted by Gasteiger charge is -2.20. The summed E-state index contributed by atoms with van der Waals surface area (Å²) in [4.78, 5) is 19.6. The molecule has 0 spiro atoms. The molecule has 2 aromatic carbocycles. The van der Waals surface area contributed by atoms with Crippen molar-refractivity contribution < 1.29 is 19.4 Å². The number of benzene rings is 2. The van der Waals surface area contributed by atoms with Crippen LogP contribution in [0.1, 0.15) is 17.5 Å². The highest BCUT2D eigenvalue weighted by Gasteiger charge is 2.43. The van der Waals surface area contributed by atoms with E-state index >= 15 is 0 Å². The first-order valence-corrected chi connectivity index (χ1v) is 9.07. The van der Waals surface area contributed by atoms with E-state index in [-0.39, 0.29) is 19.6 Å². The van der Waals surface area contributed by atoms with E-state index in [2.05, 4.69) is 15.0 Å². The Balaban J connectivity index is 1.83. The van der Waals surface area contributed by atoms with Gasteiger partial charge in [0.25, 0.3) is 0 Å². The number of carbonyl (C=O) groups excluding carboxylic acids is 1. The summed E-state index contributed by atoms with van der Waals surface area (Å²) in [5.41, 5.74) is 14.9. The van der Waals surface area contributed by atoms with Crippen LogP contribution in [0.2, 0.25) is 0 Å². The number of carbonyl (C=O) groups is 1. The van der Waals surface area contributed by atoms with E-state index in [0.29, 0.717) is 41.5 Å². The number of ether oxygens (including phenoxy) is 2. The third-order valence-corrected chi connectivity index (χ3v) is 4.52. The van der Waals surface area contributed by atoms with Crippen LogP contribution in [0.5, 0.6) is 5.75 Å². The van der Waals surface area contributed by atoms with E-state index in [0.717, 1.165) is 0 Å². The molecule has 9 nitrogen and oxygen atoms in total. The lowest BCUT2D eigenvalue weighted by molar-refractivity contribution is -0.123. The quantitative estimate of drug-likeness (QED) is 0.291. The van der Waals surface area contributed by atoms with Crippen molar-refractivity contribution in [1.82, 2.24) is 0 Å². The number of aliphatic hydroxyl groups excluding tert-OH is 1. The van der Waals surface area contributed by atoms with E-state index in [1.165, 1.54) is 0 Å². The van der Waals surface area contributed by atoms with Gasteiger partial charge in [-0.05, 0) is 35.4 Å². The molecule has 0 radical (unpaired) electrons. The standard InChI is InChI=1S/C20H21N5O4/c21-19(27)20(12-15-4-1-2-5-17(15)24-25-22)13-29-18(23-20)14-6-8-16(9-7-14)28-11-3-10-26/h1-2,4-9,26H,3,10-13H2,(H2,21,27)/t20-/m1/s1. The average Bonchev–Trinajstić information content (AvgIpc) is 3.16. The van der Waals surface area contributed by atoms with E-state index in [1.807, 2.05) is 0 Å². The normalized spacial score (nSPS) is 17.8. The molecule has 0 bridgehead atoms. The maximum Gasteiger partial charge on any atom is 0.249 e. The predicted octanol–water partition coefficient (Wildman–Crippen LogP) is 2.63. The molecule has 2 aromatic rings. The Bertz CT molecular complexity index is 954. The summed E-state index contributed by atoms with van der Waals surface area (Å²) >= 11 is 0. The van der Waals surface area contributed by atoms with Crippen molar-refractivity contribution in [1.29, 1.82) is 0 Å². The predicted molar refractivity (Wildman–Crippen MR) is 107 cm³/mol. The highest BCUT2D eigenvalue weighted by Crippen LogP contribution is 2.30. The van der Waals surface area contributed by atoms with E-state index in [9.17, 15) is 4.79 Å². The van der Waals surface area contributed by atoms with Gasteiger partial charge in [0.2, 0.25) is 11.8 Å². The molecular weight excluding hydrogens is 374 g/mol. The van der Waals surface area contributed by atoms with Crippen molar-refractivity contribution in [3.63, 3.8) is 0 Å². The molecule has 1 heterocycles. The van der Waals surface area contributed by atoms with Crippen molar-refractivity contribution in [2.75, 3.05) is 19.8 Å². The number of nitrogens with zero attached hydrogens (tertiary/aromatic N) is 4. The van der Waals surface area contributed by atoms with Crippen LogP contribution in [0.3, 0.4) is 0 Å². The zero-order valence-corrected chi connectivity index (χ0v) is 15.7. The fourth-order valence-electron chi connectivity index (χ4n) is 2.97. The van der Waals surface area contributed by atoms with Gasteiger partial charge in [-0.1, -0.05) is 29.4 Å². The molecule has 0 aromatic heterocycles. The van der Waals surface area contributed by atoms with Crippen molar-refractivity contribution in [2.24, 2.45) is 15.8 Å². The molecule has 29 heavy (non-hydrogen) atoms. The van der Waals surface area contributed by atoms with Crippen LogP contribution in [-0.2, 0) is 16.0 Å². The Kier molecular flexibility index (Phi) is 6.33. The van der Waals surface area contributed by atoms with Crippen LogP contribution < -0.4 is 10.5 Å². The van der Waals surface area contributed by atoms with Crippen LogP contribution in [0, 0.1) is 0 Å². The van der Waals surface area contributed by atoms with Crippen molar-refractivity contribution in [3.05, 3.63) is 70.1 Å². The van der Waals surface area contributed by atoms with Crippen LogP contribution >= 0.6 is 0 Å². The van der Waals surface area contributed by atoms with E-state index in [1.54, 1.807) is 48.5 Å². The van der Waals surface area contributed by atoms with Crippen LogP contribution in [0.25, 0.3) is 10.4 Å². The molecule has 9 heteroatoms. The number of aliphatic imine (C=N–C) groups is 1. The van der Waals surface area contributed by atoms with Gasteiger partial charge >= 0.3 is 0 Å². The number of hydrogen-bond acceptors (Lipinski definition) is 6. The minimum absolute atomic E-state index is 0.00296. The van der Waals surface area contributed by atoms with Crippen LogP contribution in [0.4, 0.5) is 5.69 Å². The van der Waals surface area contributed by atoms with Gasteiger partial charge < -0.3 is 20.3 Å². The molecule has 0 fully saturated rings. The summed E-state index contributed by atoms with van der Waals surface area (Å²) in [5.74, 6) is 0.351. The zero-order chi connectivity index (χ0) is 20.7. The van der Waals surface area contributed by atoms with Crippen LogP contribution in [0.15, 0.2) is 58.6 Å². The first kappa shape index (κ1) is 20.2. The molecule has 1 aliphatic heterocycles. The number of nitrogens with two attached hydrogens (primary N) is 1. The minimum Gasteiger partial charge on any atom is -0.494 e. The Morgan fingerprint density at radius 2 is 2.07 bits per heavy atom. The molecule has 3 rings (SSSR count). The SMILES string of the molecule is [N-]=[N+]=Nc1ccccc1C[C@]1(C(N)=O)COC(c2ccc(OCCCO)cc2)=N1. The summed E-state index contributed by atoms with van der Waals surface area (Å²) in [7, 11) is 0. The number of amides is 1. The molecule has 0 aliphatic carbocycles. The summed E-state index contributed by atoms with van der Waals surface area (Å²) in [6, 6.07) is 14.0. The second kappa shape index (κ2) is 9.09. The molecule has 0 saturated heterocycles. The van der Waals surface area contributed by atoms with E-state index < -0.39 is 11.4 Å². The largest absolute Gasteiger partial charge is 0.494 e. The maximum atomic E-state index is 12.3. The van der Waals surface area contributed by atoms with Gasteiger partial charge in [0, 0.05) is 35.6 Å². The number of hydrogen-bond donors (Lipinski definition) is 2. The first-order valence-electron chi connectivity index (χ1n) is 9.07. The summed E-state index contributed by atoms with van der Waals surface area (Å²) in [6.07, 6.45) is 0.708. The molecule has 0 unspecified atom stereocenters. The second-order valence-electron chi connectivity index (χ2n) is 6.55. The number of azide groups is 1. The topological polar surface area (TPSA) is 143 Å². The second-order valence-corrected chi connectivity index (χ2v) is 6.55. The molecule has 1 aliphatic rings. The Morgan fingerprint density at radius 1 is 1.31 bits per heavy atom. The lowest BCUT2D eigenvalue weighted by atomic mass is 9.91. The number of primary amides is 1. The average molecular weight is 395 g/mol. The molecule has 0 saturated carbocycles. The fourth-order valence-corrected chi connectivity index (χ4v) is 2.97. The van der Waals surface area contributed by atoms with Crippen LogP contribution in [-0.4, -0.2) is 42.3 Å². The van der Waals surface area contributed by atoms with Crippen molar-refractivity contribution >= 4 is 17.5 Å². The maximum absolute atomic E-state index is 12.3. The summed E-state index contributed by atoms with van der Waals surface area (Å²) < 4.78 is 11.2. The van der Waals surface area contributed by atoms with Gasteiger partial charge in [0.15, 0.2) is 5.54 Å². The molecule has 150 valence electrons. The number of rotatable bonds is 9. The van der Waals surface area contributed by atoms with Gasteiger partial charge in [-0.3, -0.25) is 4.79 Å². The fraction of sp³-hybridized carbons (Fsp3) is 0.300. The molecular formula is C20H21N5O4. The highest BCUT2D eigenvalue weighted by molar-refractivity contribution is 6.00. The van der Waals surface area contributed by atoms with Gasteiger partial charge in [-0.2, -0.15) is 0 Å². The smallest absolute Gasteiger partial charge is 0.249 e. The first-order chi connectivity index (χ1) is 14.1. The third-order valence-electron chi connectivity index (χ3n) is 4.52. The van der Waals surface area contributed by atoms with Gasteiger partial charge in [0.05, 0.1) is 6.61 Å². The van der Waals surface area contributed by atoms with Crippen molar-refractivity contribution in [3.8, 4) is 5.75 Å². The zero-order valence-electron chi connectivity index (χ0n) is 15.7. The highest BCUT2D eigenvalue weighted by atomic mass is 16.5. The summed E-state index contributed by atoms with van der Waals surface area (Å²) in [5, 5.41) is 12.5. The molecule has 1 amide bonds. The van der Waals surface area contributed by atoms with Gasteiger partial charge in [-0.25, -0.2) is 4.99 Å². The lowest BCUT2D eigenvalue weighted by Crippen LogP contribution is -2.45. The van der Waals surface area contributed by atoms with Crippen molar-refractivity contribution in [2.45, 2.75) is 18.4 Å². The number of aliphatic hydroxyl groups is 1. The Morgan fingerprint density at radius 3 is 2.76 bits per heavy atom. The Hall–Kier alpha value is -3.55. The third kappa shape index (κ3) is 4.66. The Labute approximate surface area is 167 Å². The molecule has 3 N–H and O–H groups in total. The molecule has 1 atom stereocenters. The monoisotopic (exact) mass is 395 g/mol.